The van der Waals surface area contributed by atoms with E-state index in [0.29, 0.717) is 25.3 Å². The van der Waals surface area contributed by atoms with Crippen LogP contribution in [0.1, 0.15) is 55.7 Å². The highest BCUT2D eigenvalue weighted by Crippen LogP contribution is 2.27. The molecule has 1 N–H and O–H groups in total. The summed E-state index contributed by atoms with van der Waals surface area (Å²) in [6.07, 6.45) is 10.6. The third-order valence-corrected chi connectivity index (χ3v) is 6.10. The number of rotatable bonds is 5. The van der Waals surface area contributed by atoms with E-state index in [2.05, 4.69) is 15.3 Å². The number of amides is 2. The van der Waals surface area contributed by atoms with Crippen LogP contribution in [0.5, 0.6) is 0 Å². The Morgan fingerprint density at radius 3 is 2.97 bits per heavy atom. The third kappa shape index (κ3) is 5.37. The Labute approximate surface area is 183 Å². The maximum absolute atomic E-state index is 12.9. The zero-order valence-electron chi connectivity index (χ0n) is 18.1. The van der Waals surface area contributed by atoms with Crippen molar-refractivity contribution in [3.05, 3.63) is 42.0 Å². The van der Waals surface area contributed by atoms with Gasteiger partial charge in [-0.25, -0.2) is 9.97 Å². The van der Waals surface area contributed by atoms with Gasteiger partial charge < -0.3 is 15.1 Å². The molecule has 164 valence electrons. The first-order valence-corrected chi connectivity index (χ1v) is 11.2. The minimum atomic E-state index is 0.0336. The van der Waals surface area contributed by atoms with E-state index in [9.17, 15) is 9.59 Å². The van der Waals surface area contributed by atoms with E-state index < -0.39 is 0 Å². The standard InChI is InChI=1S/C23H30N6O2/c1-17-7-5-10-25-23(17)27-20-14-24-13-19(26-20)18-8-6-12-28(15-18)22(31)16-29-11-4-2-3-9-21(29)30/h5,7,10,13-14,18H,2-4,6,8-9,11-12,15-16H2,1H3,(H,25,26,27)/t18-/m1/s1. The van der Waals surface area contributed by atoms with Crippen LogP contribution < -0.4 is 5.32 Å². The van der Waals surface area contributed by atoms with Crippen molar-refractivity contribution in [2.75, 3.05) is 31.5 Å². The van der Waals surface area contributed by atoms with Crippen molar-refractivity contribution in [2.45, 2.75) is 51.4 Å². The topological polar surface area (TPSA) is 91.3 Å². The monoisotopic (exact) mass is 422 g/mol. The molecule has 0 aromatic carbocycles. The number of hydrogen-bond donors (Lipinski definition) is 1. The number of anilines is 2. The van der Waals surface area contributed by atoms with Crippen molar-refractivity contribution in [3.8, 4) is 0 Å². The van der Waals surface area contributed by atoms with Crippen LogP contribution in [0.4, 0.5) is 11.6 Å². The molecule has 4 heterocycles. The molecule has 2 aliphatic rings. The summed E-state index contributed by atoms with van der Waals surface area (Å²) in [5, 5.41) is 3.24. The largest absolute Gasteiger partial charge is 0.340 e. The van der Waals surface area contributed by atoms with Crippen LogP contribution in [-0.4, -0.2) is 62.7 Å². The van der Waals surface area contributed by atoms with Gasteiger partial charge >= 0.3 is 0 Å². The molecule has 0 radical (unpaired) electrons. The summed E-state index contributed by atoms with van der Waals surface area (Å²) >= 11 is 0. The number of likely N-dealkylation sites (tertiary alicyclic amines) is 2. The lowest BCUT2D eigenvalue weighted by Crippen LogP contribution is -2.46. The Morgan fingerprint density at radius 2 is 2.10 bits per heavy atom. The average Bonchev–Trinajstić information content (AvgIpc) is 3.00. The van der Waals surface area contributed by atoms with Gasteiger partial charge in [0.05, 0.1) is 18.4 Å². The van der Waals surface area contributed by atoms with Gasteiger partial charge in [0.15, 0.2) is 0 Å². The Hall–Kier alpha value is -3.03. The molecule has 1 atom stereocenters. The van der Waals surface area contributed by atoms with Gasteiger partial charge in [-0.05, 0) is 44.2 Å². The van der Waals surface area contributed by atoms with Gasteiger partial charge in [0.1, 0.15) is 11.6 Å². The fraction of sp³-hybridized carbons (Fsp3) is 0.522. The van der Waals surface area contributed by atoms with Crippen molar-refractivity contribution in [1.82, 2.24) is 24.8 Å². The van der Waals surface area contributed by atoms with Crippen molar-refractivity contribution >= 4 is 23.5 Å². The van der Waals surface area contributed by atoms with E-state index in [4.69, 9.17) is 4.98 Å². The molecule has 2 fully saturated rings. The maximum atomic E-state index is 12.9. The van der Waals surface area contributed by atoms with E-state index in [1.165, 1.54) is 0 Å². The lowest BCUT2D eigenvalue weighted by molar-refractivity contribution is -0.140. The summed E-state index contributed by atoms with van der Waals surface area (Å²) in [6.45, 7) is 4.22. The fourth-order valence-electron chi connectivity index (χ4n) is 4.29. The van der Waals surface area contributed by atoms with Crippen LogP contribution in [0.2, 0.25) is 0 Å². The molecule has 8 heteroatoms. The molecule has 2 aliphatic heterocycles. The molecule has 0 unspecified atom stereocenters. The van der Waals surface area contributed by atoms with E-state index >= 15 is 0 Å². The predicted octanol–water partition coefficient (Wildman–Crippen LogP) is 3.03. The fourth-order valence-corrected chi connectivity index (χ4v) is 4.29. The lowest BCUT2D eigenvalue weighted by Gasteiger charge is -2.34. The quantitative estimate of drug-likeness (QED) is 0.796. The minimum Gasteiger partial charge on any atom is -0.340 e. The SMILES string of the molecule is Cc1cccnc1Nc1cncc([C@@H]2CCCN(C(=O)CN3CCCCCC3=O)C2)n1. The molecular formula is C23H30N6O2. The van der Waals surface area contributed by atoms with Crippen LogP contribution in [-0.2, 0) is 9.59 Å². The number of piperidine rings is 1. The van der Waals surface area contributed by atoms with Gasteiger partial charge in [0, 0.05) is 44.4 Å². The third-order valence-electron chi connectivity index (χ3n) is 6.10. The predicted molar refractivity (Wildman–Crippen MR) is 118 cm³/mol. The summed E-state index contributed by atoms with van der Waals surface area (Å²) in [5.74, 6) is 1.69. The molecule has 4 rings (SSSR count). The Balaban J connectivity index is 1.40. The number of pyridine rings is 1. The number of carbonyl (C=O) groups excluding carboxylic acids is 2. The highest BCUT2D eigenvalue weighted by molar-refractivity contribution is 5.85. The van der Waals surface area contributed by atoms with Gasteiger partial charge in [-0.2, -0.15) is 0 Å². The van der Waals surface area contributed by atoms with E-state index in [0.717, 1.165) is 55.7 Å². The van der Waals surface area contributed by atoms with Crippen molar-refractivity contribution < 1.29 is 9.59 Å². The summed E-state index contributed by atoms with van der Waals surface area (Å²) in [4.78, 5) is 42.3. The molecule has 8 nitrogen and oxygen atoms in total. The number of aromatic nitrogens is 3. The Kier molecular flexibility index (Phi) is 6.74. The first-order chi connectivity index (χ1) is 15.1. The van der Waals surface area contributed by atoms with Gasteiger partial charge in [0.25, 0.3) is 0 Å². The molecule has 31 heavy (non-hydrogen) atoms. The van der Waals surface area contributed by atoms with Crippen molar-refractivity contribution in [1.29, 1.82) is 0 Å². The van der Waals surface area contributed by atoms with Crippen LogP contribution in [0.3, 0.4) is 0 Å². The maximum Gasteiger partial charge on any atom is 0.242 e. The van der Waals surface area contributed by atoms with Crippen LogP contribution in [0.25, 0.3) is 0 Å². The molecule has 0 bridgehead atoms. The second kappa shape index (κ2) is 9.85. The van der Waals surface area contributed by atoms with E-state index in [-0.39, 0.29) is 24.3 Å². The van der Waals surface area contributed by atoms with E-state index in [1.807, 2.05) is 24.0 Å². The molecular weight excluding hydrogens is 392 g/mol. The summed E-state index contributed by atoms with van der Waals surface area (Å²) < 4.78 is 0. The molecule has 2 aromatic heterocycles. The zero-order valence-corrected chi connectivity index (χ0v) is 18.1. The number of nitrogens with zero attached hydrogens (tertiary/aromatic N) is 5. The Bertz CT molecular complexity index is 934. The summed E-state index contributed by atoms with van der Waals surface area (Å²) in [7, 11) is 0. The number of nitrogens with one attached hydrogen (secondary N) is 1. The first-order valence-electron chi connectivity index (χ1n) is 11.2. The lowest BCUT2D eigenvalue weighted by atomic mass is 9.95. The van der Waals surface area contributed by atoms with Gasteiger partial charge in [0.2, 0.25) is 11.8 Å². The smallest absolute Gasteiger partial charge is 0.242 e. The number of aryl methyl sites for hydroxylation is 1. The summed E-state index contributed by atoms with van der Waals surface area (Å²) in [6, 6.07) is 3.89. The molecule has 0 spiro atoms. The number of hydrogen-bond acceptors (Lipinski definition) is 6. The first kappa shape index (κ1) is 21.2. The highest BCUT2D eigenvalue weighted by atomic mass is 16.2. The number of carbonyl (C=O) groups is 2. The van der Waals surface area contributed by atoms with Gasteiger partial charge in [-0.15, -0.1) is 0 Å². The van der Waals surface area contributed by atoms with E-state index in [1.54, 1.807) is 23.5 Å². The molecule has 2 amide bonds. The van der Waals surface area contributed by atoms with Gasteiger partial charge in [-0.1, -0.05) is 12.5 Å². The minimum absolute atomic E-state index is 0.0336. The van der Waals surface area contributed by atoms with Crippen LogP contribution >= 0.6 is 0 Å². The zero-order chi connectivity index (χ0) is 21.6. The highest BCUT2D eigenvalue weighted by Gasteiger charge is 2.28. The normalized spacial score (nSPS) is 19.8. The van der Waals surface area contributed by atoms with Crippen LogP contribution in [0, 0.1) is 6.92 Å². The van der Waals surface area contributed by atoms with Crippen molar-refractivity contribution in [2.24, 2.45) is 0 Å². The molecule has 2 aromatic rings. The van der Waals surface area contributed by atoms with Crippen LogP contribution in [0.15, 0.2) is 30.7 Å². The second-order valence-electron chi connectivity index (χ2n) is 8.43. The summed E-state index contributed by atoms with van der Waals surface area (Å²) in [5.41, 5.74) is 1.91. The Morgan fingerprint density at radius 1 is 1.19 bits per heavy atom. The van der Waals surface area contributed by atoms with Crippen molar-refractivity contribution in [3.63, 3.8) is 0 Å². The average molecular weight is 423 g/mol. The molecule has 0 saturated carbocycles. The molecule has 0 aliphatic carbocycles. The second-order valence-corrected chi connectivity index (χ2v) is 8.43. The van der Waals surface area contributed by atoms with Gasteiger partial charge in [-0.3, -0.25) is 14.6 Å². The molecule has 2 saturated heterocycles.